The molecule has 0 spiro atoms. The summed E-state index contributed by atoms with van der Waals surface area (Å²) in [7, 11) is -3.63. The molecule has 0 radical (unpaired) electrons. The van der Waals surface area contributed by atoms with E-state index in [-0.39, 0.29) is 25.4 Å². The Morgan fingerprint density at radius 1 is 1.36 bits per heavy atom. The van der Waals surface area contributed by atoms with Crippen LogP contribution in [0.4, 0.5) is 0 Å². The van der Waals surface area contributed by atoms with E-state index >= 15 is 0 Å². The average molecular weight is 579 g/mol. The van der Waals surface area contributed by atoms with Gasteiger partial charge < -0.3 is 20.6 Å². The van der Waals surface area contributed by atoms with Gasteiger partial charge in [-0.3, -0.25) is 4.79 Å². The molecular formula is C12H24FmN3O5S-. The number of ether oxygens (including phenoxy) is 1. The Morgan fingerprint density at radius 2 is 1.95 bits per heavy atom. The first-order valence-corrected chi connectivity index (χ1v) is 8.23. The second-order valence-corrected chi connectivity index (χ2v) is 7.50. The molecule has 10 heteroatoms. The van der Waals surface area contributed by atoms with Crippen molar-refractivity contribution in [2.24, 2.45) is 5.73 Å². The van der Waals surface area contributed by atoms with Crippen LogP contribution in [-0.2, 0) is 24.3 Å². The molecule has 22 heavy (non-hydrogen) atoms. The van der Waals surface area contributed by atoms with Crippen molar-refractivity contribution in [3.8, 4) is 0 Å². The summed E-state index contributed by atoms with van der Waals surface area (Å²) in [6, 6.07) is 0. The van der Waals surface area contributed by atoms with Gasteiger partial charge in [0.15, 0.2) is 0 Å². The average Bonchev–Trinajstić information content (AvgIpc) is 2.33. The van der Waals surface area contributed by atoms with Gasteiger partial charge in [0.25, 0.3) is 0 Å². The summed E-state index contributed by atoms with van der Waals surface area (Å²) in [5, 5.41) is 2.24. The van der Waals surface area contributed by atoms with Gasteiger partial charge in [0.05, 0.1) is 5.75 Å². The molecule has 0 saturated carbocycles. The second-order valence-electron chi connectivity index (χ2n) is 5.41. The number of amides is 1. The van der Waals surface area contributed by atoms with Crippen LogP contribution in [0.15, 0.2) is 0 Å². The van der Waals surface area contributed by atoms with Crippen molar-refractivity contribution in [2.45, 2.75) is 32.8 Å². The van der Waals surface area contributed by atoms with Crippen LogP contribution >= 0.6 is 0 Å². The SMILES string of the molecule is CC(C)(C)OC(=O)CN(CCN[C-]=O)S(=O)(=O)CCCN.[Fm]. The van der Waals surface area contributed by atoms with Crippen molar-refractivity contribution < 1.29 is 22.7 Å². The van der Waals surface area contributed by atoms with Gasteiger partial charge in [-0.05, 0) is 40.3 Å². The van der Waals surface area contributed by atoms with E-state index in [1.165, 1.54) is 6.41 Å². The molecule has 0 heterocycles. The molecule has 3 N–H and O–H groups in total. The topological polar surface area (TPSA) is 119 Å². The fourth-order valence-electron chi connectivity index (χ4n) is 1.46. The summed E-state index contributed by atoms with van der Waals surface area (Å²) in [5.74, 6) is -0.800. The first-order valence-electron chi connectivity index (χ1n) is 6.62. The van der Waals surface area contributed by atoms with Crippen molar-refractivity contribution in [3.63, 3.8) is 0 Å². The molecule has 0 aliphatic rings. The third kappa shape index (κ3) is 9.67. The number of nitrogens with zero attached hydrogens (tertiary/aromatic N) is 1. The molecule has 0 aliphatic carbocycles. The van der Waals surface area contributed by atoms with Gasteiger partial charge in [-0.25, -0.2) is 8.42 Å². The van der Waals surface area contributed by atoms with Crippen molar-refractivity contribution in [1.82, 2.24) is 9.62 Å². The molecule has 8 nitrogen and oxygen atoms in total. The van der Waals surface area contributed by atoms with Crippen molar-refractivity contribution in [1.29, 1.82) is 0 Å². The van der Waals surface area contributed by atoms with Crippen molar-refractivity contribution in [3.05, 3.63) is 0 Å². The van der Waals surface area contributed by atoms with Gasteiger partial charge in [0, 0.05) is 6.54 Å². The Kier molecular flexibility index (Phi) is 9.74. The summed E-state index contributed by atoms with van der Waals surface area (Å²) < 4.78 is 30.3. The van der Waals surface area contributed by atoms with Gasteiger partial charge in [-0.1, -0.05) is 0 Å². The molecule has 0 aromatic heterocycles. The monoisotopic (exact) mass is 579 g/mol. The standard InChI is InChI=1S/C12H24N3O5S.Fm/c1-12(2,3)20-11(17)9-15(7-6-14-10-16)21(18,19)8-4-5-13;/h4-9,13H2,1-3H3,(H,14,16);/q-1;. The third-order valence-corrected chi connectivity index (χ3v) is 4.19. The van der Waals surface area contributed by atoms with Crippen LogP contribution in [0.5, 0.6) is 0 Å². The fourth-order valence-corrected chi connectivity index (χ4v) is 2.92. The Hall–Kier alpha value is -2.19. The van der Waals surface area contributed by atoms with Crippen LogP contribution in [0.3, 0.4) is 0 Å². The van der Waals surface area contributed by atoms with E-state index in [9.17, 15) is 18.0 Å². The van der Waals surface area contributed by atoms with Crippen molar-refractivity contribution >= 4 is 22.4 Å². The summed E-state index contributed by atoms with van der Waals surface area (Å²) in [6.07, 6.45) is 1.74. The Labute approximate surface area is 126 Å². The normalized spacial score (nSPS) is 11.7. The first-order chi connectivity index (χ1) is 9.62. The maximum atomic E-state index is 12.1. The number of nitrogens with two attached hydrogens (primary N) is 1. The maximum absolute atomic E-state index is 12.1. The minimum absolute atomic E-state index is 0. The van der Waals surface area contributed by atoms with Gasteiger partial charge >= 0.3 is 5.97 Å². The van der Waals surface area contributed by atoms with E-state index in [1.54, 1.807) is 20.8 Å². The van der Waals surface area contributed by atoms with Gasteiger partial charge in [0.1, 0.15) is 12.1 Å². The molecule has 1 amide bonds. The zero-order valence-electron chi connectivity index (χ0n) is 13.0. The van der Waals surface area contributed by atoms with Gasteiger partial charge in [-0.2, -0.15) is 10.7 Å². The van der Waals surface area contributed by atoms with Gasteiger partial charge in [0.2, 0.25) is 10.0 Å². The molecule has 0 aromatic rings. The van der Waals surface area contributed by atoms with Gasteiger partial charge in [-0.15, -0.1) is 0 Å². The van der Waals surface area contributed by atoms with Crippen LogP contribution in [-0.4, -0.2) is 62.6 Å². The molecule has 0 aliphatic heterocycles. The zero-order valence-corrected chi connectivity index (χ0v) is 16.2. The zero-order chi connectivity index (χ0) is 16.5. The number of hydrogen-bond acceptors (Lipinski definition) is 6. The number of rotatable bonds is 10. The van der Waals surface area contributed by atoms with E-state index in [2.05, 4.69) is 5.32 Å². The molecule has 0 unspecified atom stereocenters. The quantitative estimate of drug-likeness (QED) is 0.148. The largest absolute Gasteiger partial charge is 0.529 e. The Balaban J connectivity index is 0. The number of sulfonamides is 1. The number of hydrogen-bond donors (Lipinski definition) is 2. The van der Waals surface area contributed by atoms with Crippen LogP contribution in [0, 0.1) is 0 Å². The molecule has 136 valence electrons. The fraction of sp³-hybridized carbons (Fsp3) is 0.833. The molecule has 0 fully saturated rings. The summed E-state index contributed by atoms with van der Waals surface area (Å²) in [6.45, 7) is 4.96. The smallest absolute Gasteiger partial charge is 0.321 e. The molecular weight excluding hydrogens is 555 g/mol. The van der Waals surface area contributed by atoms with E-state index in [4.69, 9.17) is 10.5 Å². The third-order valence-electron chi connectivity index (χ3n) is 2.28. The number of carbonyl (C=O) groups is 1. The van der Waals surface area contributed by atoms with E-state index in [0.29, 0.717) is 6.42 Å². The summed E-state index contributed by atoms with van der Waals surface area (Å²) in [4.78, 5) is 21.9. The predicted octanol–water partition coefficient (Wildman–Crippen LogP) is -1.03. The summed E-state index contributed by atoms with van der Waals surface area (Å²) in [5.41, 5.74) is 4.61. The number of nitrogens with one attached hydrogen (secondary N) is 1. The van der Waals surface area contributed by atoms with Crippen molar-refractivity contribution in [2.75, 3.05) is 31.9 Å². The van der Waals surface area contributed by atoms with Crippen LogP contribution in [0.25, 0.3) is 0 Å². The second kappa shape index (κ2) is 9.69. The van der Waals surface area contributed by atoms with E-state index < -0.39 is 28.1 Å². The minimum Gasteiger partial charge on any atom is -0.529 e. The minimum atomic E-state index is -3.63. The van der Waals surface area contributed by atoms with E-state index in [0.717, 1.165) is 4.31 Å². The Bertz CT molecular complexity index is 437. The summed E-state index contributed by atoms with van der Waals surface area (Å²) >= 11 is 0. The number of esters is 1. The predicted molar refractivity (Wildman–Crippen MR) is 78.6 cm³/mol. The molecule has 0 atom stereocenters. The molecule has 0 bridgehead atoms. The molecule has 0 rings (SSSR count). The Morgan fingerprint density at radius 3 is 2.41 bits per heavy atom. The van der Waals surface area contributed by atoms with Crippen LogP contribution in [0.1, 0.15) is 27.2 Å². The van der Waals surface area contributed by atoms with E-state index in [1.807, 2.05) is 0 Å². The molecule has 0 saturated heterocycles. The van der Waals surface area contributed by atoms with Crippen LogP contribution in [0.2, 0.25) is 0 Å². The maximum Gasteiger partial charge on any atom is 0.321 e. The van der Waals surface area contributed by atoms with Crippen LogP contribution < -0.4 is 11.1 Å². The number of carbonyl (C=O) groups excluding carboxylic acids is 2. The molecule has 0 aromatic carbocycles. The first kappa shape index (κ1) is 22.1.